The summed E-state index contributed by atoms with van der Waals surface area (Å²) in [5, 5.41) is 3.91. The molecule has 0 spiro atoms. The van der Waals surface area contributed by atoms with Crippen LogP contribution in [0.3, 0.4) is 0 Å². The van der Waals surface area contributed by atoms with Gasteiger partial charge in [0.1, 0.15) is 5.75 Å². The van der Waals surface area contributed by atoms with Crippen molar-refractivity contribution in [1.29, 1.82) is 0 Å². The lowest BCUT2D eigenvalue weighted by Crippen LogP contribution is -1.98. The molecular formula is C19H20N2O2. The monoisotopic (exact) mass is 308 g/mol. The molecule has 0 amide bonds. The molecule has 0 aliphatic heterocycles. The molecule has 0 N–H and O–H groups in total. The average Bonchev–Trinajstić information content (AvgIpc) is 3.04. The standard InChI is InChI=1S/C19H20N2O2/c1-13(2)19-20-18(21-23-19)12-22-17-10-8-16(9-11-17)15-6-4-14(3)5-7-15/h4-11,13H,12H2,1-3H3. The van der Waals surface area contributed by atoms with Gasteiger partial charge in [0.25, 0.3) is 0 Å². The average molecular weight is 308 g/mol. The Morgan fingerprint density at radius 1 is 0.957 bits per heavy atom. The highest BCUT2D eigenvalue weighted by Crippen LogP contribution is 2.23. The van der Waals surface area contributed by atoms with E-state index in [1.165, 1.54) is 16.7 Å². The van der Waals surface area contributed by atoms with Crippen LogP contribution in [0.4, 0.5) is 0 Å². The molecule has 23 heavy (non-hydrogen) atoms. The van der Waals surface area contributed by atoms with E-state index in [-0.39, 0.29) is 5.92 Å². The molecule has 0 aliphatic carbocycles. The van der Waals surface area contributed by atoms with Crippen molar-refractivity contribution in [2.24, 2.45) is 0 Å². The number of nitrogens with zero attached hydrogens (tertiary/aromatic N) is 2. The van der Waals surface area contributed by atoms with E-state index in [0.29, 0.717) is 18.3 Å². The highest BCUT2D eigenvalue weighted by atomic mass is 16.5. The van der Waals surface area contributed by atoms with Gasteiger partial charge in [-0.25, -0.2) is 0 Å². The summed E-state index contributed by atoms with van der Waals surface area (Å²) in [6.45, 7) is 6.42. The van der Waals surface area contributed by atoms with Crippen molar-refractivity contribution in [1.82, 2.24) is 10.1 Å². The first kappa shape index (κ1) is 15.3. The first-order chi connectivity index (χ1) is 11.1. The van der Waals surface area contributed by atoms with Crippen LogP contribution in [0.15, 0.2) is 53.1 Å². The first-order valence-corrected chi connectivity index (χ1v) is 7.74. The normalized spacial score (nSPS) is 11.0. The second-order valence-corrected chi connectivity index (χ2v) is 5.88. The molecule has 2 aromatic carbocycles. The summed E-state index contributed by atoms with van der Waals surface area (Å²) < 4.78 is 10.9. The highest BCUT2D eigenvalue weighted by Gasteiger charge is 2.10. The zero-order chi connectivity index (χ0) is 16.2. The number of aryl methyl sites for hydroxylation is 1. The van der Waals surface area contributed by atoms with Crippen molar-refractivity contribution >= 4 is 0 Å². The molecule has 0 aliphatic rings. The zero-order valence-corrected chi connectivity index (χ0v) is 13.6. The largest absolute Gasteiger partial charge is 0.485 e. The molecule has 4 nitrogen and oxygen atoms in total. The van der Waals surface area contributed by atoms with Crippen molar-refractivity contribution in [3.05, 3.63) is 65.8 Å². The quantitative estimate of drug-likeness (QED) is 0.682. The van der Waals surface area contributed by atoms with Gasteiger partial charge >= 0.3 is 0 Å². The Labute approximate surface area is 136 Å². The number of aromatic nitrogens is 2. The van der Waals surface area contributed by atoms with E-state index in [4.69, 9.17) is 9.26 Å². The Hall–Kier alpha value is -2.62. The highest BCUT2D eigenvalue weighted by molar-refractivity contribution is 5.64. The Morgan fingerprint density at radius 2 is 1.57 bits per heavy atom. The SMILES string of the molecule is Cc1ccc(-c2ccc(OCc3noc(C(C)C)n3)cc2)cc1. The van der Waals surface area contributed by atoms with Crippen molar-refractivity contribution in [3.63, 3.8) is 0 Å². The molecule has 1 aromatic heterocycles. The molecule has 0 fully saturated rings. The fourth-order valence-corrected chi connectivity index (χ4v) is 2.20. The van der Waals surface area contributed by atoms with Crippen LogP contribution >= 0.6 is 0 Å². The van der Waals surface area contributed by atoms with Gasteiger partial charge < -0.3 is 9.26 Å². The molecule has 0 saturated heterocycles. The van der Waals surface area contributed by atoms with Crippen molar-refractivity contribution < 1.29 is 9.26 Å². The van der Waals surface area contributed by atoms with Gasteiger partial charge in [-0.05, 0) is 30.2 Å². The van der Waals surface area contributed by atoms with Gasteiger partial charge in [-0.15, -0.1) is 0 Å². The topological polar surface area (TPSA) is 48.2 Å². The van der Waals surface area contributed by atoms with Crippen molar-refractivity contribution in [2.45, 2.75) is 33.3 Å². The maximum Gasteiger partial charge on any atom is 0.229 e. The second kappa shape index (κ2) is 6.65. The molecule has 3 aromatic rings. The van der Waals surface area contributed by atoms with Gasteiger partial charge in [-0.1, -0.05) is 61.0 Å². The molecule has 0 atom stereocenters. The molecule has 0 bridgehead atoms. The van der Waals surface area contributed by atoms with Gasteiger partial charge in [0, 0.05) is 5.92 Å². The number of hydrogen-bond donors (Lipinski definition) is 0. The predicted octanol–water partition coefficient (Wildman–Crippen LogP) is 4.75. The minimum Gasteiger partial charge on any atom is -0.485 e. The van der Waals surface area contributed by atoms with Crippen LogP contribution in [-0.2, 0) is 6.61 Å². The van der Waals surface area contributed by atoms with E-state index in [0.717, 1.165) is 5.75 Å². The minimum atomic E-state index is 0.227. The zero-order valence-electron chi connectivity index (χ0n) is 13.6. The molecule has 3 rings (SSSR count). The number of ether oxygens (including phenoxy) is 1. The maximum atomic E-state index is 5.71. The lowest BCUT2D eigenvalue weighted by atomic mass is 10.0. The molecule has 4 heteroatoms. The fraction of sp³-hybridized carbons (Fsp3) is 0.263. The van der Waals surface area contributed by atoms with Gasteiger partial charge in [0.15, 0.2) is 6.61 Å². The van der Waals surface area contributed by atoms with Crippen LogP contribution < -0.4 is 4.74 Å². The summed E-state index contributed by atoms with van der Waals surface area (Å²) in [5.74, 6) is 2.22. The van der Waals surface area contributed by atoms with Crippen molar-refractivity contribution in [3.8, 4) is 16.9 Å². The molecule has 0 radical (unpaired) electrons. The molecule has 0 unspecified atom stereocenters. The maximum absolute atomic E-state index is 5.71. The molecule has 1 heterocycles. The summed E-state index contributed by atoms with van der Waals surface area (Å²) in [7, 11) is 0. The number of rotatable bonds is 5. The fourth-order valence-electron chi connectivity index (χ4n) is 2.20. The smallest absolute Gasteiger partial charge is 0.229 e. The third kappa shape index (κ3) is 3.77. The van der Waals surface area contributed by atoms with Gasteiger partial charge in [-0.2, -0.15) is 4.98 Å². The lowest BCUT2D eigenvalue weighted by molar-refractivity contribution is 0.284. The van der Waals surface area contributed by atoms with Gasteiger partial charge in [-0.3, -0.25) is 0 Å². The molecule has 118 valence electrons. The summed E-state index contributed by atoms with van der Waals surface area (Å²) >= 11 is 0. The Kier molecular flexibility index (Phi) is 4.42. The summed E-state index contributed by atoms with van der Waals surface area (Å²) in [6.07, 6.45) is 0. The van der Waals surface area contributed by atoms with Crippen LogP contribution in [-0.4, -0.2) is 10.1 Å². The van der Waals surface area contributed by atoms with Crippen LogP contribution in [0.1, 0.15) is 37.0 Å². The Balaban J connectivity index is 1.64. The van der Waals surface area contributed by atoms with E-state index < -0.39 is 0 Å². The third-order valence-corrected chi connectivity index (χ3v) is 3.58. The summed E-state index contributed by atoms with van der Waals surface area (Å²) in [6, 6.07) is 16.5. The Bertz CT molecular complexity index is 759. The Morgan fingerprint density at radius 3 is 2.13 bits per heavy atom. The van der Waals surface area contributed by atoms with Crippen LogP contribution in [0.5, 0.6) is 5.75 Å². The summed E-state index contributed by atoms with van der Waals surface area (Å²) in [4.78, 5) is 4.30. The predicted molar refractivity (Wildman–Crippen MR) is 89.3 cm³/mol. The first-order valence-electron chi connectivity index (χ1n) is 7.74. The lowest BCUT2D eigenvalue weighted by Gasteiger charge is -2.06. The van der Waals surface area contributed by atoms with Gasteiger partial charge in [0.2, 0.25) is 11.7 Å². The van der Waals surface area contributed by atoms with E-state index in [2.05, 4.69) is 53.5 Å². The van der Waals surface area contributed by atoms with E-state index in [1.54, 1.807) is 0 Å². The molecule has 0 saturated carbocycles. The summed E-state index contributed by atoms with van der Waals surface area (Å²) in [5.41, 5.74) is 3.62. The van der Waals surface area contributed by atoms with E-state index in [9.17, 15) is 0 Å². The van der Waals surface area contributed by atoms with Gasteiger partial charge in [0.05, 0.1) is 0 Å². The van der Waals surface area contributed by atoms with Crippen LogP contribution in [0, 0.1) is 6.92 Å². The van der Waals surface area contributed by atoms with Crippen molar-refractivity contribution in [2.75, 3.05) is 0 Å². The van der Waals surface area contributed by atoms with Crippen LogP contribution in [0.25, 0.3) is 11.1 Å². The molecular weight excluding hydrogens is 288 g/mol. The van der Waals surface area contributed by atoms with E-state index >= 15 is 0 Å². The second-order valence-electron chi connectivity index (χ2n) is 5.88. The number of hydrogen-bond acceptors (Lipinski definition) is 4. The van der Waals surface area contributed by atoms with Crippen LogP contribution in [0.2, 0.25) is 0 Å². The number of benzene rings is 2. The minimum absolute atomic E-state index is 0.227. The van der Waals surface area contributed by atoms with E-state index in [1.807, 2.05) is 26.0 Å². The third-order valence-electron chi connectivity index (χ3n) is 3.58.